The molecule has 2 atom stereocenters. The quantitative estimate of drug-likeness (QED) is 0.728. The van der Waals surface area contributed by atoms with Crippen molar-refractivity contribution in [2.75, 3.05) is 0 Å². The maximum absolute atomic E-state index is 10.0. The van der Waals surface area contributed by atoms with Crippen LogP contribution in [0, 0.1) is 22.7 Å². The van der Waals surface area contributed by atoms with Crippen LogP contribution in [0.5, 0.6) is 0 Å². The van der Waals surface area contributed by atoms with Gasteiger partial charge in [0.05, 0.1) is 5.54 Å². The van der Waals surface area contributed by atoms with E-state index in [1.807, 2.05) is 74.5 Å². The van der Waals surface area contributed by atoms with Crippen molar-refractivity contribution in [1.82, 2.24) is 0 Å². The zero-order valence-corrected chi connectivity index (χ0v) is 16.6. The third-order valence-electron chi connectivity index (χ3n) is 4.85. The Bertz CT molecular complexity index is 962. The summed E-state index contributed by atoms with van der Waals surface area (Å²) >= 11 is 2.99. The molecule has 1 saturated heterocycles. The van der Waals surface area contributed by atoms with E-state index in [9.17, 15) is 10.5 Å². The first kappa shape index (κ1) is 18.1. The molecule has 0 amide bonds. The van der Waals surface area contributed by atoms with Crippen LogP contribution in [-0.2, 0) is 4.74 Å². The highest BCUT2D eigenvalue weighted by Crippen LogP contribution is 2.68. The van der Waals surface area contributed by atoms with Crippen LogP contribution in [0.15, 0.2) is 65.7 Å². The van der Waals surface area contributed by atoms with E-state index < -0.39 is 20.7 Å². The second-order valence-electron chi connectivity index (χ2n) is 6.94. The molecule has 2 aliphatic heterocycles. The predicted octanol–water partition coefficient (Wildman–Crippen LogP) is 4.90. The van der Waals surface area contributed by atoms with Gasteiger partial charge < -0.3 is 4.74 Å². The molecule has 2 aromatic carbocycles. The van der Waals surface area contributed by atoms with E-state index in [1.54, 1.807) is 0 Å². The molecule has 1 spiro atoms. The van der Waals surface area contributed by atoms with Gasteiger partial charge >= 0.3 is 0 Å². The molecule has 0 aromatic heterocycles. The Morgan fingerprint density at radius 2 is 1.56 bits per heavy atom. The van der Waals surface area contributed by atoms with Crippen LogP contribution in [-0.4, -0.2) is 20.3 Å². The normalized spacial score (nSPS) is 27.7. The van der Waals surface area contributed by atoms with Gasteiger partial charge in [-0.3, -0.25) is 4.99 Å². The lowest BCUT2D eigenvalue weighted by atomic mass is 9.87. The van der Waals surface area contributed by atoms with Gasteiger partial charge in [0.2, 0.25) is 0 Å². The first-order valence-electron chi connectivity index (χ1n) is 8.54. The number of nitrogens with zero attached hydrogens (tertiary/aromatic N) is 3. The second-order valence-corrected chi connectivity index (χ2v) is 9.68. The average Bonchev–Trinajstić information content (AvgIpc) is 3.19. The maximum atomic E-state index is 10.0. The molecule has 0 unspecified atom stereocenters. The summed E-state index contributed by atoms with van der Waals surface area (Å²) in [4.78, 5) is 4.92. The standard InChI is InChI=1S/C21H17N3OS2/c1-19(2)21(26-17(24-19)15-9-5-3-6-10-15)20(13-22,14-23)25-18(27-21)16-11-7-4-8-12-16/h3-12,18H,1-2H3/t18-,21+/m0/s1. The van der Waals surface area contributed by atoms with Gasteiger partial charge in [-0.25, -0.2) is 0 Å². The highest BCUT2D eigenvalue weighted by atomic mass is 32.2. The third kappa shape index (κ3) is 2.60. The van der Waals surface area contributed by atoms with Crippen molar-refractivity contribution in [2.24, 2.45) is 4.99 Å². The van der Waals surface area contributed by atoms with E-state index in [0.717, 1.165) is 16.2 Å². The summed E-state index contributed by atoms with van der Waals surface area (Å²) in [6.45, 7) is 3.95. The van der Waals surface area contributed by atoms with Gasteiger partial charge in [-0.05, 0) is 19.4 Å². The molecule has 4 rings (SSSR count). The van der Waals surface area contributed by atoms with Crippen molar-refractivity contribution in [3.05, 3.63) is 71.8 Å². The van der Waals surface area contributed by atoms with Crippen molar-refractivity contribution >= 4 is 28.6 Å². The first-order valence-corrected chi connectivity index (χ1v) is 10.2. The van der Waals surface area contributed by atoms with Gasteiger partial charge in [0.1, 0.15) is 22.6 Å². The number of rotatable bonds is 2. The van der Waals surface area contributed by atoms with E-state index in [4.69, 9.17) is 9.73 Å². The van der Waals surface area contributed by atoms with Crippen LogP contribution in [0.2, 0.25) is 0 Å². The Balaban J connectivity index is 1.81. The number of ether oxygens (including phenoxy) is 1. The van der Waals surface area contributed by atoms with Crippen molar-refractivity contribution in [3.63, 3.8) is 0 Å². The molecule has 0 bridgehead atoms. The molecule has 27 heavy (non-hydrogen) atoms. The van der Waals surface area contributed by atoms with E-state index >= 15 is 0 Å². The summed E-state index contributed by atoms with van der Waals surface area (Å²) in [7, 11) is 0. The fraction of sp³-hybridized carbons (Fsp3) is 0.286. The minimum Gasteiger partial charge on any atom is -0.327 e. The molecule has 6 heteroatoms. The van der Waals surface area contributed by atoms with Gasteiger partial charge in [0, 0.05) is 5.56 Å². The highest BCUT2D eigenvalue weighted by molar-refractivity contribution is 8.27. The summed E-state index contributed by atoms with van der Waals surface area (Å²) in [5.41, 5.74) is -0.739. The van der Waals surface area contributed by atoms with Crippen LogP contribution < -0.4 is 0 Å². The molecule has 134 valence electrons. The monoisotopic (exact) mass is 391 g/mol. The van der Waals surface area contributed by atoms with Gasteiger partial charge in [-0.2, -0.15) is 10.5 Å². The predicted molar refractivity (Wildman–Crippen MR) is 109 cm³/mol. The van der Waals surface area contributed by atoms with E-state index in [1.165, 1.54) is 23.5 Å². The summed E-state index contributed by atoms with van der Waals surface area (Å²) in [5, 5.41) is 20.9. The van der Waals surface area contributed by atoms with Crippen LogP contribution in [0.25, 0.3) is 0 Å². The summed E-state index contributed by atoms with van der Waals surface area (Å²) in [6.07, 6.45) is 0. The number of thioether (sulfide) groups is 2. The molecule has 0 N–H and O–H groups in total. The highest BCUT2D eigenvalue weighted by Gasteiger charge is 2.72. The first-order chi connectivity index (χ1) is 13.0. The molecule has 0 saturated carbocycles. The van der Waals surface area contributed by atoms with Crippen molar-refractivity contribution < 1.29 is 4.74 Å². The Morgan fingerprint density at radius 1 is 0.963 bits per heavy atom. The van der Waals surface area contributed by atoms with Crippen LogP contribution in [0.4, 0.5) is 0 Å². The summed E-state index contributed by atoms with van der Waals surface area (Å²) in [6, 6.07) is 24.0. The number of nitriles is 2. The zero-order chi connectivity index (χ0) is 19.1. The zero-order valence-electron chi connectivity index (χ0n) is 14.9. The van der Waals surface area contributed by atoms with Crippen LogP contribution in [0.1, 0.15) is 30.4 Å². The van der Waals surface area contributed by atoms with E-state index in [-0.39, 0.29) is 0 Å². The molecule has 2 heterocycles. The van der Waals surface area contributed by atoms with Gasteiger partial charge in [0.15, 0.2) is 4.08 Å². The SMILES string of the molecule is CC1(C)N=C(c2ccccc2)S[C@@]12S[C@@H](c1ccccc1)OC2(C#N)C#N. The molecule has 0 radical (unpaired) electrons. The lowest BCUT2D eigenvalue weighted by Crippen LogP contribution is -2.55. The Kier molecular flexibility index (Phi) is 4.31. The van der Waals surface area contributed by atoms with Gasteiger partial charge in [0.25, 0.3) is 5.60 Å². The topological polar surface area (TPSA) is 69.2 Å². The smallest absolute Gasteiger partial charge is 0.269 e. The lowest BCUT2D eigenvalue weighted by Gasteiger charge is -2.38. The molecule has 0 aliphatic carbocycles. The maximum Gasteiger partial charge on any atom is 0.269 e. The molecule has 4 nitrogen and oxygen atoms in total. The number of aliphatic imine (C=N–C) groups is 1. The largest absolute Gasteiger partial charge is 0.327 e. The van der Waals surface area contributed by atoms with E-state index in [0.29, 0.717) is 0 Å². The fourth-order valence-corrected chi connectivity index (χ4v) is 6.95. The Morgan fingerprint density at radius 3 is 2.15 bits per heavy atom. The minimum atomic E-state index is -1.60. The molecular formula is C21H17N3OS2. The average molecular weight is 392 g/mol. The Hall–Kier alpha value is -2.25. The van der Waals surface area contributed by atoms with Gasteiger partial charge in [-0.1, -0.05) is 84.2 Å². The minimum absolute atomic E-state index is 0.400. The number of hydrogen-bond donors (Lipinski definition) is 0. The molecule has 2 aliphatic rings. The third-order valence-corrected chi connectivity index (χ3v) is 8.69. The molecular weight excluding hydrogens is 374 g/mol. The molecule has 1 fully saturated rings. The summed E-state index contributed by atoms with van der Waals surface area (Å²) < 4.78 is 5.27. The van der Waals surface area contributed by atoms with Crippen molar-refractivity contribution in [3.8, 4) is 12.1 Å². The van der Waals surface area contributed by atoms with Crippen LogP contribution >= 0.6 is 23.5 Å². The number of hydrogen-bond acceptors (Lipinski definition) is 6. The van der Waals surface area contributed by atoms with Crippen molar-refractivity contribution in [2.45, 2.75) is 34.5 Å². The number of benzene rings is 2. The summed E-state index contributed by atoms with van der Waals surface area (Å²) in [5.74, 6) is 0. The van der Waals surface area contributed by atoms with Crippen LogP contribution in [0.3, 0.4) is 0 Å². The van der Waals surface area contributed by atoms with Gasteiger partial charge in [-0.15, -0.1) is 0 Å². The second kappa shape index (κ2) is 6.42. The lowest BCUT2D eigenvalue weighted by molar-refractivity contribution is 0.0243. The van der Waals surface area contributed by atoms with E-state index in [2.05, 4.69) is 12.1 Å². The fourth-order valence-electron chi connectivity index (χ4n) is 3.45. The Labute approximate surface area is 167 Å². The van der Waals surface area contributed by atoms with Crippen molar-refractivity contribution in [1.29, 1.82) is 10.5 Å². The molecule has 2 aromatic rings.